The van der Waals surface area contributed by atoms with Crippen LogP contribution in [0, 0.1) is 17.8 Å². The SMILES string of the molecule is C=CCCC1CCC(C2CC=C(c3ccc(C(F)F)cc3)CC2)CC1. The molecule has 1 unspecified atom stereocenters. The molecule has 2 aliphatic carbocycles. The summed E-state index contributed by atoms with van der Waals surface area (Å²) in [6.07, 6.45) is 13.6. The number of halogens is 2. The molecule has 0 amide bonds. The minimum Gasteiger partial charge on any atom is -0.205 e. The fraction of sp³-hybridized carbons (Fsp3) is 0.565. The van der Waals surface area contributed by atoms with Crippen LogP contribution in [0.1, 0.15) is 75.3 Å². The number of benzene rings is 1. The van der Waals surface area contributed by atoms with Crippen molar-refractivity contribution in [3.63, 3.8) is 0 Å². The van der Waals surface area contributed by atoms with Crippen molar-refractivity contribution in [3.8, 4) is 0 Å². The maximum Gasteiger partial charge on any atom is 0.263 e. The second kappa shape index (κ2) is 8.78. The standard InChI is InChI=1S/C23H30F2/c1-2-3-4-17-5-7-18(8-6-17)19-9-11-20(12-10-19)21-13-15-22(16-14-21)23(24)25/h2,11,13-19,23H,1,3-10,12H2. The monoisotopic (exact) mass is 344 g/mol. The van der Waals surface area contributed by atoms with Crippen LogP contribution < -0.4 is 0 Å². The number of alkyl halides is 2. The van der Waals surface area contributed by atoms with Crippen molar-refractivity contribution >= 4 is 5.57 Å². The zero-order valence-corrected chi connectivity index (χ0v) is 15.1. The Hall–Kier alpha value is -1.44. The van der Waals surface area contributed by atoms with Crippen molar-refractivity contribution in [2.45, 2.75) is 64.2 Å². The molecule has 25 heavy (non-hydrogen) atoms. The summed E-state index contributed by atoms with van der Waals surface area (Å²) < 4.78 is 25.3. The van der Waals surface area contributed by atoms with Gasteiger partial charge in [0.2, 0.25) is 0 Å². The topological polar surface area (TPSA) is 0 Å². The first-order valence-corrected chi connectivity index (χ1v) is 9.85. The molecule has 0 aromatic heterocycles. The molecule has 0 radical (unpaired) electrons. The molecular formula is C23H30F2. The van der Waals surface area contributed by atoms with Crippen LogP contribution in [0.5, 0.6) is 0 Å². The van der Waals surface area contributed by atoms with Crippen molar-refractivity contribution in [2.75, 3.05) is 0 Å². The van der Waals surface area contributed by atoms with Crippen molar-refractivity contribution in [1.29, 1.82) is 0 Å². The van der Waals surface area contributed by atoms with E-state index in [9.17, 15) is 8.78 Å². The maximum atomic E-state index is 12.7. The van der Waals surface area contributed by atoms with E-state index in [1.165, 1.54) is 44.1 Å². The van der Waals surface area contributed by atoms with E-state index in [4.69, 9.17) is 0 Å². The van der Waals surface area contributed by atoms with E-state index in [2.05, 4.69) is 12.7 Å². The Bertz CT molecular complexity index is 577. The van der Waals surface area contributed by atoms with Crippen molar-refractivity contribution in [3.05, 3.63) is 54.1 Å². The first kappa shape index (κ1) is 18.4. The number of hydrogen-bond acceptors (Lipinski definition) is 0. The molecule has 0 bridgehead atoms. The third kappa shape index (κ3) is 4.80. The fourth-order valence-corrected chi connectivity index (χ4v) is 4.69. The van der Waals surface area contributed by atoms with E-state index in [0.717, 1.165) is 42.6 Å². The molecule has 1 aromatic rings. The summed E-state index contributed by atoms with van der Waals surface area (Å²) >= 11 is 0. The van der Waals surface area contributed by atoms with E-state index in [0.29, 0.717) is 0 Å². The van der Waals surface area contributed by atoms with Gasteiger partial charge in [0.05, 0.1) is 0 Å². The summed E-state index contributed by atoms with van der Waals surface area (Å²) in [6, 6.07) is 6.85. The highest BCUT2D eigenvalue weighted by molar-refractivity contribution is 5.66. The Morgan fingerprint density at radius 1 is 1.00 bits per heavy atom. The highest BCUT2D eigenvalue weighted by atomic mass is 19.3. The lowest BCUT2D eigenvalue weighted by Crippen LogP contribution is -2.23. The highest BCUT2D eigenvalue weighted by Gasteiger charge is 2.28. The van der Waals surface area contributed by atoms with Crippen LogP contribution in [0.3, 0.4) is 0 Å². The molecular weight excluding hydrogens is 314 g/mol. The predicted molar refractivity (Wildman–Crippen MR) is 102 cm³/mol. The quantitative estimate of drug-likeness (QED) is 0.466. The Morgan fingerprint density at radius 3 is 2.28 bits per heavy atom. The van der Waals surface area contributed by atoms with Gasteiger partial charge in [0.15, 0.2) is 0 Å². The van der Waals surface area contributed by atoms with Gasteiger partial charge in [0.1, 0.15) is 0 Å². The van der Waals surface area contributed by atoms with Gasteiger partial charge in [-0.15, -0.1) is 6.58 Å². The molecule has 0 heterocycles. The van der Waals surface area contributed by atoms with Gasteiger partial charge in [-0.3, -0.25) is 0 Å². The normalized spacial score (nSPS) is 27.2. The molecule has 136 valence electrons. The van der Waals surface area contributed by atoms with Crippen LogP contribution in [0.2, 0.25) is 0 Å². The summed E-state index contributed by atoms with van der Waals surface area (Å²) in [5.41, 5.74) is 2.58. The number of hydrogen-bond donors (Lipinski definition) is 0. The molecule has 2 aliphatic rings. The smallest absolute Gasteiger partial charge is 0.205 e. The zero-order valence-electron chi connectivity index (χ0n) is 15.1. The summed E-state index contributed by atoms with van der Waals surface area (Å²) in [6.45, 7) is 3.84. The molecule has 0 spiro atoms. The molecule has 1 saturated carbocycles. The Labute approximate surface area is 151 Å². The molecule has 2 heteroatoms. The first-order valence-electron chi connectivity index (χ1n) is 9.85. The van der Waals surface area contributed by atoms with E-state index in [1.807, 2.05) is 18.2 Å². The third-order valence-corrected chi connectivity index (χ3v) is 6.32. The first-order chi connectivity index (χ1) is 12.2. The lowest BCUT2D eigenvalue weighted by Gasteiger charge is -2.35. The zero-order chi connectivity index (χ0) is 17.6. The molecule has 1 fully saturated rings. The summed E-state index contributed by atoms with van der Waals surface area (Å²) in [4.78, 5) is 0. The molecule has 0 aliphatic heterocycles. The molecule has 1 aromatic carbocycles. The summed E-state index contributed by atoms with van der Waals surface area (Å²) in [5.74, 6) is 2.63. The average molecular weight is 344 g/mol. The minimum absolute atomic E-state index is 0.117. The van der Waals surface area contributed by atoms with Crippen LogP contribution in [0.25, 0.3) is 5.57 Å². The van der Waals surface area contributed by atoms with Gasteiger partial charge in [0.25, 0.3) is 6.43 Å². The van der Waals surface area contributed by atoms with Crippen LogP contribution in [-0.4, -0.2) is 0 Å². The van der Waals surface area contributed by atoms with Crippen LogP contribution in [0.4, 0.5) is 8.78 Å². The van der Waals surface area contributed by atoms with E-state index < -0.39 is 6.43 Å². The van der Waals surface area contributed by atoms with Gasteiger partial charge in [-0.2, -0.15) is 0 Å². The van der Waals surface area contributed by atoms with Gasteiger partial charge in [-0.1, -0.05) is 49.3 Å². The average Bonchev–Trinajstić information content (AvgIpc) is 2.67. The maximum absolute atomic E-state index is 12.7. The number of allylic oxidation sites excluding steroid dienone is 3. The Balaban J connectivity index is 1.51. The minimum atomic E-state index is -2.37. The molecule has 1 atom stereocenters. The molecule has 3 rings (SSSR count). The summed E-state index contributed by atoms with van der Waals surface area (Å²) in [7, 11) is 0. The van der Waals surface area contributed by atoms with Crippen LogP contribution in [-0.2, 0) is 0 Å². The van der Waals surface area contributed by atoms with Crippen LogP contribution >= 0.6 is 0 Å². The van der Waals surface area contributed by atoms with Crippen LogP contribution in [0.15, 0.2) is 43.0 Å². The van der Waals surface area contributed by atoms with E-state index in [1.54, 1.807) is 12.1 Å². The lowest BCUT2D eigenvalue weighted by molar-refractivity contribution is 0.151. The van der Waals surface area contributed by atoms with Gasteiger partial charge in [-0.05, 0) is 73.8 Å². The van der Waals surface area contributed by atoms with Crippen molar-refractivity contribution in [2.24, 2.45) is 17.8 Å². The third-order valence-electron chi connectivity index (χ3n) is 6.32. The lowest BCUT2D eigenvalue weighted by atomic mass is 9.70. The Morgan fingerprint density at radius 2 is 1.72 bits per heavy atom. The van der Waals surface area contributed by atoms with Crippen molar-refractivity contribution in [1.82, 2.24) is 0 Å². The predicted octanol–water partition coefficient (Wildman–Crippen LogP) is 7.58. The molecule has 0 N–H and O–H groups in total. The molecule has 0 nitrogen and oxygen atoms in total. The van der Waals surface area contributed by atoms with Gasteiger partial charge in [0, 0.05) is 5.56 Å². The summed E-state index contributed by atoms with van der Waals surface area (Å²) in [5, 5.41) is 0. The number of rotatable bonds is 6. The Kier molecular flexibility index (Phi) is 6.45. The van der Waals surface area contributed by atoms with Crippen molar-refractivity contribution < 1.29 is 8.78 Å². The second-order valence-electron chi connectivity index (χ2n) is 7.83. The van der Waals surface area contributed by atoms with E-state index in [-0.39, 0.29) is 5.56 Å². The van der Waals surface area contributed by atoms with E-state index >= 15 is 0 Å². The second-order valence-corrected chi connectivity index (χ2v) is 7.83. The van der Waals surface area contributed by atoms with Gasteiger partial charge >= 0.3 is 0 Å². The van der Waals surface area contributed by atoms with Gasteiger partial charge < -0.3 is 0 Å². The fourth-order valence-electron chi connectivity index (χ4n) is 4.69. The largest absolute Gasteiger partial charge is 0.263 e. The highest BCUT2D eigenvalue weighted by Crippen LogP contribution is 2.42. The molecule has 0 saturated heterocycles. The van der Waals surface area contributed by atoms with Gasteiger partial charge in [-0.25, -0.2) is 8.78 Å².